The Bertz CT molecular complexity index is 804. The number of halogens is 1. The summed E-state index contributed by atoms with van der Waals surface area (Å²) in [5.74, 6) is -1.62. The fourth-order valence-corrected chi connectivity index (χ4v) is 3.28. The molecule has 2 unspecified atom stereocenters. The molecule has 24 heavy (non-hydrogen) atoms. The SMILES string of the molecule is CC1Cc2cc(F)ccc2C(C)N1C(=O)c1ccc(C(=O)O)nc1. The van der Waals surface area contributed by atoms with E-state index in [-0.39, 0.29) is 29.5 Å². The van der Waals surface area contributed by atoms with Crippen LogP contribution in [0.5, 0.6) is 0 Å². The Balaban J connectivity index is 1.92. The molecule has 5 nitrogen and oxygen atoms in total. The number of rotatable bonds is 2. The average Bonchev–Trinajstić information content (AvgIpc) is 2.54. The first-order chi connectivity index (χ1) is 11.4. The summed E-state index contributed by atoms with van der Waals surface area (Å²) >= 11 is 0. The van der Waals surface area contributed by atoms with Crippen LogP contribution in [0, 0.1) is 5.82 Å². The molecule has 0 saturated carbocycles. The Hall–Kier alpha value is -2.76. The summed E-state index contributed by atoms with van der Waals surface area (Å²) in [5, 5.41) is 8.89. The van der Waals surface area contributed by atoms with Gasteiger partial charge < -0.3 is 10.0 Å². The number of aromatic nitrogens is 1. The van der Waals surface area contributed by atoms with Gasteiger partial charge in [-0.2, -0.15) is 0 Å². The van der Waals surface area contributed by atoms with Gasteiger partial charge in [-0.15, -0.1) is 0 Å². The lowest BCUT2D eigenvalue weighted by atomic mass is 9.89. The highest BCUT2D eigenvalue weighted by atomic mass is 19.1. The zero-order chi connectivity index (χ0) is 17.4. The van der Waals surface area contributed by atoms with Crippen LogP contribution in [0.3, 0.4) is 0 Å². The number of amides is 1. The van der Waals surface area contributed by atoms with Gasteiger partial charge in [0, 0.05) is 12.2 Å². The third-order valence-corrected chi connectivity index (χ3v) is 4.43. The van der Waals surface area contributed by atoms with E-state index in [1.807, 2.05) is 13.8 Å². The summed E-state index contributed by atoms with van der Waals surface area (Å²) < 4.78 is 13.4. The lowest BCUT2D eigenvalue weighted by molar-refractivity contribution is 0.0577. The van der Waals surface area contributed by atoms with Gasteiger partial charge in [0.1, 0.15) is 11.5 Å². The molecule has 1 N–H and O–H groups in total. The van der Waals surface area contributed by atoms with E-state index < -0.39 is 5.97 Å². The molecule has 2 aromatic rings. The van der Waals surface area contributed by atoms with E-state index in [4.69, 9.17) is 5.11 Å². The minimum Gasteiger partial charge on any atom is -0.477 e. The van der Waals surface area contributed by atoms with Crippen LogP contribution in [-0.2, 0) is 6.42 Å². The van der Waals surface area contributed by atoms with Crippen LogP contribution in [0.2, 0.25) is 0 Å². The van der Waals surface area contributed by atoms with Crippen molar-refractivity contribution in [1.82, 2.24) is 9.88 Å². The van der Waals surface area contributed by atoms with Crippen LogP contribution >= 0.6 is 0 Å². The van der Waals surface area contributed by atoms with Crippen LogP contribution in [0.15, 0.2) is 36.5 Å². The minimum absolute atomic E-state index is 0.0963. The summed E-state index contributed by atoms with van der Waals surface area (Å²) in [6, 6.07) is 7.13. The van der Waals surface area contributed by atoms with Crippen molar-refractivity contribution in [3.05, 3.63) is 64.7 Å². The van der Waals surface area contributed by atoms with Crippen LogP contribution in [-0.4, -0.2) is 32.9 Å². The third kappa shape index (κ3) is 2.75. The van der Waals surface area contributed by atoms with Crippen molar-refractivity contribution in [1.29, 1.82) is 0 Å². The summed E-state index contributed by atoms with van der Waals surface area (Å²) in [4.78, 5) is 29.2. The molecule has 1 aliphatic heterocycles. The second-order valence-corrected chi connectivity index (χ2v) is 6.02. The van der Waals surface area contributed by atoms with Crippen LogP contribution in [0.4, 0.5) is 4.39 Å². The van der Waals surface area contributed by atoms with Gasteiger partial charge in [-0.05, 0) is 55.7 Å². The van der Waals surface area contributed by atoms with Gasteiger partial charge in [-0.1, -0.05) is 6.07 Å². The van der Waals surface area contributed by atoms with Crippen molar-refractivity contribution < 1.29 is 19.1 Å². The summed E-state index contributed by atoms with van der Waals surface area (Å²) in [7, 11) is 0. The molecule has 1 aliphatic rings. The van der Waals surface area contributed by atoms with Crippen molar-refractivity contribution >= 4 is 11.9 Å². The third-order valence-electron chi connectivity index (χ3n) is 4.43. The van der Waals surface area contributed by atoms with Crippen molar-refractivity contribution in [2.75, 3.05) is 0 Å². The first-order valence-electron chi connectivity index (χ1n) is 7.69. The molecule has 2 heterocycles. The maximum atomic E-state index is 13.4. The van der Waals surface area contributed by atoms with Gasteiger partial charge in [-0.25, -0.2) is 14.2 Å². The van der Waals surface area contributed by atoms with Crippen molar-refractivity contribution in [3.63, 3.8) is 0 Å². The first kappa shape index (κ1) is 16.1. The number of carboxylic acid groups (broad SMARTS) is 1. The van der Waals surface area contributed by atoms with Crippen molar-refractivity contribution in [2.24, 2.45) is 0 Å². The predicted octanol–water partition coefficient (Wildman–Crippen LogP) is 3.07. The van der Waals surface area contributed by atoms with Crippen molar-refractivity contribution in [2.45, 2.75) is 32.4 Å². The van der Waals surface area contributed by atoms with Crippen LogP contribution in [0.25, 0.3) is 0 Å². The number of hydrogen-bond donors (Lipinski definition) is 1. The molecule has 1 aromatic heterocycles. The predicted molar refractivity (Wildman–Crippen MR) is 85.3 cm³/mol. The van der Waals surface area contributed by atoms with Gasteiger partial charge in [0.2, 0.25) is 0 Å². The molecular formula is C18H17FN2O3. The molecule has 0 bridgehead atoms. The monoisotopic (exact) mass is 328 g/mol. The van der Waals surface area contributed by atoms with Crippen LogP contribution in [0.1, 0.15) is 51.9 Å². The van der Waals surface area contributed by atoms with Gasteiger partial charge in [0.25, 0.3) is 5.91 Å². The molecule has 6 heteroatoms. The number of pyridine rings is 1. The molecule has 0 spiro atoms. The second-order valence-electron chi connectivity index (χ2n) is 6.02. The standard InChI is InChI=1S/C18H17FN2O3/c1-10-7-13-8-14(19)4-5-15(13)11(2)21(10)17(22)12-3-6-16(18(23)24)20-9-12/h3-6,8-11H,7H2,1-2H3,(H,23,24). The average molecular weight is 328 g/mol. The molecule has 0 aliphatic carbocycles. The van der Waals surface area contributed by atoms with Gasteiger partial charge in [0.15, 0.2) is 0 Å². The first-order valence-corrected chi connectivity index (χ1v) is 7.69. The quantitative estimate of drug-likeness (QED) is 0.920. The number of carbonyl (C=O) groups is 2. The highest BCUT2D eigenvalue weighted by Gasteiger charge is 2.33. The summed E-state index contributed by atoms with van der Waals surface area (Å²) in [5.41, 5.74) is 2.08. The van der Waals surface area contributed by atoms with E-state index in [1.54, 1.807) is 11.0 Å². The minimum atomic E-state index is -1.13. The topological polar surface area (TPSA) is 70.5 Å². The number of hydrogen-bond acceptors (Lipinski definition) is 3. The van der Waals surface area contributed by atoms with Gasteiger partial charge in [-0.3, -0.25) is 4.79 Å². The van der Waals surface area contributed by atoms with Crippen LogP contribution < -0.4 is 0 Å². The van der Waals surface area contributed by atoms with Gasteiger partial charge >= 0.3 is 5.97 Å². The molecule has 2 atom stereocenters. The number of carboxylic acids is 1. The van der Waals surface area contributed by atoms with Crippen molar-refractivity contribution in [3.8, 4) is 0 Å². The van der Waals surface area contributed by atoms with E-state index in [1.165, 1.54) is 30.5 Å². The van der Waals surface area contributed by atoms with E-state index >= 15 is 0 Å². The smallest absolute Gasteiger partial charge is 0.354 e. The van der Waals surface area contributed by atoms with E-state index in [2.05, 4.69) is 4.98 Å². The Morgan fingerprint density at radius 1 is 1.25 bits per heavy atom. The number of aromatic carboxylic acids is 1. The fourth-order valence-electron chi connectivity index (χ4n) is 3.28. The molecule has 1 amide bonds. The highest BCUT2D eigenvalue weighted by molar-refractivity contribution is 5.95. The molecule has 0 radical (unpaired) electrons. The fraction of sp³-hybridized carbons (Fsp3) is 0.278. The Morgan fingerprint density at radius 2 is 2.00 bits per heavy atom. The lowest BCUT2D eigenvalue weighted by Gasteiger charge is -2.40. The number of nitrogens with zero attached hydrogens (tertiary/aromatic N) is 2. The summed E-state index contributed by atoms with van der Waals surface area (Å²) in [6.07, 6.45) is 1.86. The van der Waals surface area contributed by atoms with Gasteiger partial charge in [0.05, 0.1) is 11.6 Å². The Labute approximate surface area is 138 Å². The van der Waals surface area contributed by atoms with E-state index in [9.17, 15) is 14.0 Å². The lowest BCUT2D eigenvalue weighted by Crippen LogP contribution is -2.45. The number of fused-ring (bicyclic) bond motifs is 1. The molecule has 3 rings (SSSR count). The largest absolute Gasteiger partial charge is 0.477 e. The summed E-state index contributed by atoms with van der Waals surface area (Å²) in [6.45, 7) is 3.82. The number of carbonyl (C=O) groups excluding carboxylic acids is 1. The Kier molecular flexibility index (Phi) is 4.05. The maximum absolute atomic E-state index is 13.4. The number of benzene rings is 1. The Morgan fingerprint density at radius 3 is 2.62 bits per heavy atom. The second kappa shape index (κ2) is 6.03. The molecular weight excluding hydrogens is 311 g/mol. The maximum Gasteiger partial charge on any atom is 0.354 e. The zero-order valence-electron chi connectivity index (χ0n) is 13.4. The molecule has 124 valence electrons. The normalized spacial score (nSPS) is 19.7. The molecule has 1 aromatic carbocycles. The molecule has 0 fully saturated rings. The molecule has 0 saturated heterocycles. The van der Waals surface area contributed by atoms with E-state index in [0.29, 0.717) is 12.0 Å². The zero-order valence-corrected chi connectivity index (χ0v) is 13.4. The highest BCUT2D eigenvalue weighted by Crippen LogP contribution is 2.34. The van der Waals surface area contributed by atoms with E-state index in [0.717, 1.165) is 11.1 Å².